The van der Waals surface area contributed by atoms with Gasteiger partial charge >= 0.3 is 6.03 Å². The van der Waals surface area contributed by atoms with Gasteiger partial charge in [0.25, 0.3) is 0 Å². The molecule has 2 fully saturated rings. The molecule has 2 aromatic carbocycles. The highest BCUT2D eigenvalue weighted by atomic mass is 16.7. The van der Waals surface area contributed by atoms with Gasteiger partial charge in [-0.2, -0.15) is 0 Å². The fraction of sp³-hybridized carbons (Fsp3) is 0.462. The van der Waals surface area contributed by atoms with Crippen molar-refractivity contribution in [2.24, 2.45) is 0 Å². The fourth-order valence-electron chi connectivity index (χ4n) is 5.14. The Balaban J connectivity index is 1.36. The summed E-state index contributed by atoms with van der Waals surface area (Å²) in [7, 11) is 0. The van der Waals surface area contributed by atoms with Gasteiger partial charge < -0.3 is 24.6 Å². The lowest BCUT2D eigenvalue weighted by Gasteiger charge is -2.44. The van der Waals surface area contributed by atoms with Crippen LogP contribution in [0.25, 0.3) is 0 Å². The lowest BCUT2D eigenvalue weighted by molar-refractivity contribution is -0.134. The number of nitrogens with one attached hydrogen (secondary N) is 2. The van der Waals surface area contributed by atoms with E-state index in [1.165, 1.54) is 0 Å². The summed E-state index contributed by atoms with van der Waals surface area (Å²) in [5, 5.41) is 6.66. The first-order valence-electron chi connectivity index (χ1n) is 12.1. The number of amides is 3. The summed E-state index contributed by atoms with van der Waals surface area (Å²) in [5.41, 5.74) is 1.65. The molecule has 0 radical (unpaired) electrons. The maximum absolute atomic E-state index is 13.7. The smallest absolute Gasteiger partial charge is 0.317 e. The molecule has 0 aliphatic carbocycles. The van der Waals surface area contributed by atoms with Crippen molar-refractivity contribution in [1.29, 1.82) is 0 Å². The average molecular weight is 465 g/mol. The zero-order chi connectivity index (χ0) is 23.5. The topological polar surface area (TPSA) is 83.1 Å². The predicted octanol–water partition coefficient (Wildman–Crippen LogP) is 2.87. The van der Waals surface area contributed by atoms with E-state index in [4.69, 9.17) is 9.47 Å². The van der Waals surface area contributed by atoms with Crippen LogP contribution < -0.4 is 20.1 Å². The van der Waals surface area contributed by atoms with E-state index in [2.05, 4.69) is 22.8 Å². The van der Waals surface area contributed by atoms with Crippen LogP contribution in [0.5, 0.6) is 11.5 Å². The number of rotatable bonds is 6. The van der Waals surface area contributed by atoms with Gasteiger partial charge in [0.2, 0.25) is 12.7 Å². The summed E-state index contributed by atoms with van der Waals surface area (Å²) >= 11 is 0. The highest BCUT2D eigenvalue weighted by molar-refractivity contribution is 5.85. The summed E-state index contributed by atoms with van der Waals surface area (Å²) in [6, 6.07) is 15.6. The Morgan fingerprint density at radius 3 is 2.62 bits per heavy atom. The van der Waals surface area contributed by atoms with E-state index in [-0.39, 0.29) is 24.8 Å². The Morgan fingerprint density at radius 1 is 1.09 bits per heavy atom. The largest absolute Gasteiger partial charge is 0.454 e. The van der Waals surface area contributed by atoms with Crippen LogP contribution in [0.1, 0.15) is 37.3 Å². The standard InChI is InChI=1S/C26H32N4O4/c1-2-12-27-25(32)29-13-10-26(11-14-29)28-21(15-19-6-4-3-5-7-19)24(31)30(26)17-20-8-9-22-23(16-20)34-18-33-22/h3-9,16,21,28H,2,10-15,17-18H2,1H3,(H,27,32). The molecule has 3 aliphatic heterocycles. The lowest BCUT2D eigenvalue weighted by atomic mass is 9.95. The highest BCUT2D eigenvalue weighted by Crippen LogP contribution is 2.37. The van der Waals surface area contributed by atoms with E-state index >= 15 is 0 Å². The van der Waals surface area contributed by atoms with E-state index in [0.717, 1.165) is 29.0 Å². The summed E-state index contributed by atoms with van der Waals surface area (Å²) in [4.78, 5) is 30.0. The van der Waals surface area contributed by atoms with Crippen LogP contribution >= 0.6 is 0 Å². The van der Waals surface area contributed by atoms with E-state index in [0.29, 0.717) is 45.4 Å². The third kappa shape index (κ3) is 4.42. The summed E-state index contributed by atoms with van der Waals surface area (Å²) in [6.07, 6.45) is 2.92. The highest BCUT2D eigenvalue weighted by Gasteiger charge is 2.51. The number of benzene rings is 2. The summed E-state index contributed by atoms with van der Waals surface area (Å²) in [6.45, 7) is 4.63. The molecule has 8 nitrogen and oxygen atoms in total. The van der Waals surface area contributed by atoms with Crippen LogP contribution in [-0.2, 0) is 17.8 Å². The Hall–Kier alpha value is -3.26. The molecule has 3 heterocycles. The van der Waals surface area contributed by atoms with Crippen molar-refractivity contribution in [1.82, 2.24) is 20.4 Å². The van der Waals surface area contributed by atoms with E-state index < -0.39 is 5.66 Å². The minimum absolute atomic E-state index is 0.0239. The monoisotopic (exact) mass is 464 g/mol. The van der Waals surface area contributed by atoms with Crippen molar-refractivity contribution in [2.45, 2.75) is 50.9 Å². The molecule has 5 rings (SSSR count). The zero-order valence-corrected chi connectivity index (χ0v) is 19.6. The van der Waals surface area contributed by atoms with Crippen LogP contribution in [-0.4, -0.2) is 59.9 Å². The quantitative estimate of drug-likeness (QED) is 0.687. The first-order valence-corrected chi connectivity index (χ1v) is 12.1. The Bertz CT molecular complexity index is 1040. The minimum Gasteiger partial charge on any atom is -0.454 e. The molecule has 0 saturated carbocycles. The average Bonchev–Trinajstić information content (AvgIpc) is 3.42. The molecule has 2 aromatic rings. The van der Waals surface area contributed by atoms with Crippen LogP contribution in [0.3, 0.4) is 0 Å². The molecule has 1 spiro atoms. The molecule has 2 N–H and O–H groups in total. The molecule has 34 heavy (non-hydrogen) atoms. The van der Waals surface area contributed by atoms with Crippen molar-refractivity contribution in [2.75, 3.05) is 26.4 Å². The lowest BCUT2D eigenvalue weighted by Crippen LogP contribution is -2.60. The molecular weight excluding hydrogens is 432 g/mol. The first kappa shape index (κ1) is 22.5. The van der Waals surface area contributed by atoms with Gasteiger partial charge in [0.1, 0.15) is 0 Å². The Kier molecular flexibility index (Phi) is 6.32. The SMILES string of the molecule is CCCNC(=O)N1CCC2(CC1)NC(Cc1ccccc1)C(=O)N2Cc1ccc2c(c1)OCO2. The number of hydrogen-bond donors (Lipinski definition) is 2. The number of hydrogen-bond acceptors (Lipinski definition) is 5. The number of fused-ring (bicyclic) bond motifs is 1. The summed E-state index contributed by atoms with van der Waals surface area (Å²) in [5.74, 6) is 1.55. The number of likely N-dealkylation sites (tertiary alicyclic amines) is 1. The Morgan fingerprint density at radius 2 is 1.85 bits per heavy atom. The van der Waals surface area contributed by atoms with Gasteiger partial charge in [0, 0.05) is 39.0 Å². The third-order valence-corrected chi connectivity index (χ3v) is 6.99. The van der Waals surface area contributed by atoms with Crippen LogP contribution in [0.4, 0.5) is 4.79 Å². The van der Waals surface area contributed by atoms with Crippen molar-refractivity contribution >= 4 is 11.9 Å². The normalized spacial score (nSPS) is 20.7. The van der Waals surface area contributed by atoms with Gasteiger partial charge in [-0.15, -0.1) is 0 Å². The third-order valence-electron chi connectivity index (χ3n) is 6.99. The molecule has 1 atom stereocenters. The van der Waals surface area contributed by atoms with Crippen LogP contribution in [0.2, 0.25) is 0 Å². The van der Waals surface area contributed by atoms with Crippen molar-refractivity contribution in [3.8, 4) is 11.5 Å². The fourth-order valence-corrected chi connectivity index (χ4v) is 5.14. The van der Waals surface area contributed by atoms with Gasteiger partial charge in [-0.05, 0) is 36.1 Å². The number of nitrogens with zero attached hydrogens (tertiary/aromatic N) is 2. The number of carbonyl (C=O) groups excluding carboxylic acids is 2. The van der Waals surface area contributed by atoms with Gasteiger partial charge in [0.15, 0.2) is 11.5 Å². The molecule has 3 amide bonds. The van der Waals surface area contributed by atoms with Gasteiger partial charge in [-0.25, -0.2) is 4.79 Å². The van der Waals surface area contributed by atoms with E-state index in [1.807, 2.05) is 53.1 Å². The Labute approximate surface area is 200 Å². The molecule has 2 saturated heterocycles. The van der Waals surface area contributed by atoms with Gasteiger partial charge in [-0.1, -0.05) is 43.3 Å². The molecule has 0 aromatic heterocycles. The zero-order valence-electron chi connectivity index (χ0n) is 19.6. The van der Waals surface area contributed by atoms with Crippen LogP contribution in [0, 0.1) is 0 Å². The molecular formula is C26H32N4O4. The first-order chi connectivity index (χ1) is 16.6. The van der Waals surface area contributed by atoms with Crippen molar-refractivity contribution in [3.63, 3.8) is 0 Å². The molecule has 1 unspecified atom stereocenters. The van der Waals surface area contributed by atoms with E-state index in [9.17, 15) is 9.59 Å². The number of piperidine rings is 1. The number of urea groups is 1. The van der Waals surface area contributed by atoms with Gasteiger partial charge in [0.05, 0.1) is 11.7 Å². The maximum atomic E-state index is 13.7. The second kappa shape index (κ2) is 9.54. The number of ether oxygens (including phenoxy) is 2. The predicted molar refractivity (Wildman–Crippen MR) is 127 cm³/mol. The van der Waals surface area contributed by atoms with Gasteiger partial charge in [-0.3, -0.25) is 10.1 Å². The molecule has 0 bridgehead atoms. The summed E-state index contributed by atoms with van der Waals surface area (Å²) < 4.78 is 11.0. The second-order valence-corrected chi connectivity index (χ2v) is 9.25. The van der Waals surface area contributed by atoms with E-state index in [1.54, 1.807) is 0 Å². The van der Waals surface area contributed by atoms with Crippen molar-refractivity contribution < 1.29 is 19.1 Å². The number of carbonyl (C=O) groups is 2. The minimum atomic E-state index is -0.478. The second-order valence-electron chi connectivity index (χ2n) is 9.25. The maximum Gasteiger partial charge on any atom is 0.317 e. The molecule has 8 heteroatoms. The van der Waals surface area contributed by atoms with Crippen molar-refractivity contribution in [3.05, 3.63) is 59.7 Å². The molecule has 3 aliphatic rings. The van der Waals surface area contributed by atoms with Crippen LogP contribution in [0.15, 0.2) is 48.5 Å². The molecule has 180 valence electrons.